The summed E-state index contributed by atoms with van der Waals surface area (Å²) in [4.78, 5) is 40.8. The number of thiazole rings is 2. The van der Waals surface area contributed by atoms with E-state index < -0.39 is 23.7 Å². The first-order valence-electron chi connectivity index (χ1n) is 10.1. The molecule has 1 amide bonds. The minimum atomic E-state index is -1.21. The number of amides is 1. The fraction of sp³-hybridized carbons (Fsp3) is 0.286. The van der Waals surface area contributed by atoms with Gasteiger partial charge in [-0.2, -0.15) is 10.2 Å². The number of rotatable bonds is 7. The van der Waals surface area contributed by atoms with Crippen LogP contribution in [0, 0.1) is 11.3 Å². The van der Waals surface area contributed by atoms with Crippen molar-refractivity contribution >= 4 is 34.7 Å². The summed E-state index contributed by atoms with van der Waals surface area (Å²) in [6.07, 6.45) is 1.82. The van der Waals surface area contributed by atoms with Crippen molar-refractivity contribution < 1.29 is 28.3 Å². The van der Waals surface area contributed by atoms with E-state index in [2.05, 4.69) is 25.3 Å². The van der Waals surface area contributed by atoms with Crippen molar-refractivity contribution in [2.45, 2.75) is 38.8 Å². The topological polar surface area (TPSA) is 177 Å². The van der Waals surface area contributed by atoms with Crippen molar-refractivity contribution in [3.05, 3.63) is 34.0 Å². The van der Waals surface area contributed by atoms with Crippen LogP contribution < -0.4 is 5.32 Å². The smallest absolute Gasteiger partial charge is 0.408 e. The maximum Gasteiger partial charge on any atom is 0.408 e. The first-order chi connectivity index (χ1) is 16.6. The van der Waals surface area contributed by atoms with Crippen LogP contribution in [0.3, 0.4) is 0 Å². The first-order valence-corrected chi connectivity index (χ1v) is 11.8. The predicted octanol–water partition coefficient (Wildman–Crippen LogP) is 3.97. The van der Waals surface area contributed by atoms with E-state index in [9.17, 15) is 14.7 Å². The summed E-state index contributed by atoms with van der Waals surface area (Å²) in [6, 6.07) is 0.680. The lowest BCUT2D eigenvalue weighted by Crippen LogP contribution is -2.44. The molecule has 2 N–H and O–H groups in total. The Morgan fingerprint density at radius 2 is 1.77 bits per heavy atom. The van der Waals surface area contributed by atoms with E-state index in [1.54, 1.807) is 31.5 Å². The third-order valence-electron chi connectivity index (χ3n) is 4.20. The number of nitriles is 1. The van der Waals surface area contributed by atoms with E-state index >= 15 is 0 Å². The molecule has 4 aromatic heterocycles. The van der Waals surface area contributed by atoms with E-state index in [0.29, 0.717) is 27.1 Å². The van der Waals surface area contributed by atoms with Gasteiger partial charge in [0.15, 0.2) is 5.69 Å². The normalized spacial score (nSPS) is 12.2. The van der Waals surface area contributed by atoms with Crippen molar-refractivity contribution in [2.75, 3.05) is 0 Å². The third-order valence-corrected chi connectivity index (χ3v) is 5.94. The second-order valence-corrected chi connectivity index (χ2v) is 9.89. The molecule has 0 spiro atoms. The summed E-state index contributed by atoms with van der Waals surface area (Å²) in [5.74, 6) is -0.752. The monoisotopic (exact) mass is 514 g/mol. The molecule has 0 bridgehead atoms. The lowest BCUT2D eigenvalue weighted by Gasteiger charge is -2.21. The zero-order chi connectivity index (χ0) is 25.2. The molecule has 1 atom stereocenters. The molecule has 35 heavy (non-hydrogen) atoms. The molecule has 4 heterocycles. The van der Waals surface area contributed by atoms with E-state index in [4.69, 9.17) is 18.8 Å². The molecule has 0 aliphatic heterocycles. The Morgan fingerprint density at radius 1 is 1.09 bits per heavy atom. The Hall–Kier alpha value is -4.09. The molecule has 4 aromatic rings. The number of nitrogens with one attached hydrogen (secondary N) is 1. The molecular weight excluding hydrogens is 496 g/mol. The molecule has 180 valence electrons. The van der Waals surface area contributed by atoms with Crippen LogP contribution in [0.15, 0.2) is 32.1 Å². The maximum atomic E-state index is 12.0. The second-order valence-electron chi connectivity index (χ2n) is 8.09. The van der Waals surface area contributed by atoms with Gasteiger partial charge in [0.05, 0.1) is 5.01 Å². The number of ether oxygens (including phenoxy) is 1. The van der Waals surface area contributed by atoms with Crippen molar-refractivity contribution in [1.29, 1.82) is 5.26 Å². The SMILES string of the molecule is CC(C)(C)OC(=O)NC(Cc1nc(-c2nc(-c3nc(-c4nc(C#N)co4)cs3)co2)cs1)C(=O)O. The zero-order valence-electron chi connectivity index (χ0n) is 18.6. The number of aliphatic carboxylic acids is 1. The van der Waals surface area contributed by atoms with Crippen LogP contribution in [0.2, 0.25) is 0 Å². The van der Waals surface area contributed by atoms with Gasteiger partial charge in [0.1, 0.15) is 52.3 Å². The van der Waals surface area contributed by atoms with E-state index in [-0.39, 0.29) is 23.9 Å². The summed E-state index contributed by atoms with van der Waals surface area (Å²) < 4.78 is 15.9. The minimum absolute atomic E-state index is 0.0382. The number of hydrogen-bond donors (Lipinski definition) is 2. The van der Waals surface area contributed by atoms with Gasteiger partial charge in [-0.15, -0.1) is 22.7 Å². The van der Waals surface area contributed by atoms with Gasteiger partial charge in [0.2, 0.25) is 11.8 Å². The zero-order valence-corrected chi connectivity index (χ0v) is 20.3. The number of hydrogen-bond acceptors (Lipinski definition) is 12. The maximum absolute atomic E-state index is 12.0. The van der Waals surface area contributed by atoms with Crippen molar-refractivity contribution in [3.63, 3.8) is 0 Å². The van der Waals surface area contributed by atoms with Crippen LogP contribution in [-0.2, 0) is 16.0 Å². The molecule has 0 saturated heterocycles. The molecule has 1 unspecified atom stereocenters. The van der Waals surface area contributed by atoms with Crippen LogP contribution in [0.4, 0.5) is 4.79 Å². The van der Waals surface area contributed by atoms with Crippen LogP contribution in [0.25, 0.3) is 33.9 Å². The Labute approximate surface area is 206 Å². The molecule has 0 aliphatic rings. The fourth-order valence-electron chi connectivity index (χ4n) is 2.75. The summed E-state index contributed by atoms with van der Waals surface area (Å²) in [5.41, 5.74) is 0.748. The Balaban J connectivity index is 1.45. The Morgan fingerprint density at radius 3 is 2.46 bits per heavy atom. The number of carbonyl (C=O) groups excluding carboxylic acids is 1. The van der Waals surface area contributed by atoms with Crippen LogP contribution in [0.1, 0.15) is 31.5 Å². The number of nitrogens with zero attached hydrogens (tertiary/aromatic N) is 5. The summed E-state index contributed by atoms with van der Waals surface area (Å²) in [6.45, 7) is 5.06. The van der Waals surface area contributed by atoms with Gasteiger partial charge in [-0.3, -0.25) is 0 Å². The number of oxazole rings is 2. The van der Waals surface area contributed by atoms with E-state index in [1.165, 1.54) is 35.2 Å². The van der Waals surface area contributed by atoms with Gasteiger partial charge in [0, 0.05) is 17.2 Å². The highest BCUT2D eigenvalue weighted by molar-refractivity contribution is 7.13. The van der Waals surface area contributed by atoms with Gasteiger partial charge < -0.3 is 24.0 Å². The number of alkyl carbamates (subject to hydrolysis) is 1. The molecule has 0 saturated carbocycles. The molecule has 0 radical (unpaired) electrons. The molecule has 0 fully saturated rings. The predicted molar refractivity (Wildman–Crippen MR) is 123 cm³/mol. The van der Waals surface area contributed by atoms with Gasteiger partial charge >= 0.3 is 12.1 Å². The van der Waals surface area contributed by atoms with Gasteiger partial charge in [-0.25, -0.2) is 24.5 Å². The van der Waals surface area contributed by atoms with Gasteiger partial charge in [-0.05, 0) is 20.8 Å². The summed E-state index contributed by atoms with van der Waals surface area (Å²) in [5, 5.41) is 25.1. The second kappa shape index (κ2) is 9.65. The van der Waals surface area contributed by atoms with E-state index in [1.807, 2.05) is 6.07 Å². The van der Waals surface area contributed by atoms with Crippen molar-refractivity contribution in [3.8, 4) is 39.9 Å². The average Bonchev–Trinajstić information content (AvgIpc) is 3.57. The molecule has 0 aromatic carbocycles. The van der Waals surface area contributed by atoms with E-state index in [0.717, 1.165) is 0 Å². The lowest BCUT2D eigenvalue weighted by molar-refractivity contribution is -0.139. The number of carbonyl (C=O) groups is 2. The van der Waals surface area contributed by atoms with Crippen LogP contribution >= 0.6 is 22.7 Å². The average molecular weight is 515 g/mol. The minimum Gasteiger partial charge on any atom is -0.480 e. The fourth-order valence-corrected chi connectivity index (χ4v) is 4.31. The summed E-state index contributed by atoms with van der Waals surface area (Å²) >= 11 is 2.51. The van der Waals surface area contributed by atoms with Crippen LogP contribution in [-0.4, -0.2) is 48.7 Å². The molecule has 14 heteroatoms. The van der Waals surface area contributed by atoms with Crippen molar-refractivity contribution in [1.82, 2.24) is 25.3 Å². The number of carboxylic acid groups (broad SMARTS) is 1. The Kier molecular flexibility index (Phi) is 6.63. The molecule has 12 nitrogen and oxygen atoms in total. The van der Waals surface area contributed by atoms with Gasteiger partial charge in [0.25, 0.3) is 0 Å². The number of aromatic nitrogens is 4. The van der Waals surface area contributed by atoms with Gasteiger partial charge in [-0.1, -0.05) is 0 Å². The lowest BCUT2D eigenvalue weighted by atomic mass is 10.2. The van der Waals surface area contributed by atoms with Crippen LogP contribution in [0.5, 0.6) is 0 Å². The molecular formula is C21H18N6O6S2. The number of carboxylic acids is 1. The quantitative estimate of drug-likeness (QED) is 0.364. The highest BCUT2D eigenvalue weighted by atomic mass is 32.1. The standard InChI is InChI=1S/C21H18N6O6S2/c1-21(2,3)33-20(30)27-11(19(28)29)4-15-24-13(8-34-15)17-25-12(7-32-17)18-26-14(9-35-18)16-23-10(5-22)6-31-16/h6-9,11H,4H2,1-3H3,(H,27,30)(H,28,29). The molecule has 4 rings (SSSR count). The highest BCUT2D eigenvalue weighted by Crippen LogP contribution is 2.30. The third kappa shape index (κ3) is 5.89. The summed E-state index contributed by atoms with van der Waals surface area (Å²) in [7, 11) is 0. The Bertz CT molecular complexity index is 1410. The largest absolute Gasteiger partial charge is 0.480 e. The molecule has 0 aliphatic carbocycles. The first kappa shape index (κ1) is 24.0. The van der Waals surface area contributed by atoms with Crippen molar-refractivity contribution in [2.24, 2.45) is 0 Å². The highest BCUT2D eigenvalue weighted by Gasteiger charge is 2.26.